The molecule has 2 atom stereocenters. The molecule has 0 radical (unpaired) electrons. The molecule has 0 unspecified atom stereocenters. The summed E-state index contributed by atoms with van der Waals surface area (Å²) in [5, 5.41) is 7.06. The molecule has 0 amide bonds. The Morgan fingerprint density at radius 2 is 1.93 bits per heavy atom. The molecule has 76 valence electrons. The fourth-order valence-corrected chi connectivity index (χ4v) is 2.19. The molecule has 15 heavy (non-hydrogen) atoms. The first-order chi connectivity index (χ1) is 7.34. The van der Waals surface area contributed by atoms with Gasteiger partial charge in [-0.2, -0.15) is 5.10 Å². The zero-order valence-electron chi connectivity index (χ0n) is 8.77. The predicted molar refractivity (Wildman–Crippen MR) is 59.9 cm³/mol. The molecule has 0 saturated heterocycles. The van der Waals surface area contributed by atoms with Crippen molar-refractivity contribution in [2.75, 3.05) is 0 Å². The quantitative estimate of drug-likeness (QED) is 0.789. The summed E-state index contributed by atoms with van der Waals surface area (Å²) in [6.07, 6.45) is 3.09. The van der Waals surface area contributed by atoms with Crippen LogP contribution in [0.15, 0.2) is 36.5 Å². The summed E-state index contributed by atoms with van der Waals surface area (Å²) >= 11 is 0. The number of aromatic amines is 1. The molecule has 1 aliphatic carbocycles. The maximum absolute atomic E-state index is 4.00. The molecule has 0 spiro atoms. The van der Waals surface area contributed by atoms with E-state index in [0.29, 0.717) is 11.8 Å². The van der Waals surface area contributed by atoms with Crippen LogP contribution >= 0.6 is 0 Å². The van der Waals surface area contributed by atoms with Gasteiger partial charge in [-0.25, -0.2) is 0 Å². The van der Waals surface area contributed by atoms with Crippen molar-refractivity contribution in [2.45, 2.75) is 25.2 Å². The third kappa shape index (κ3) is 1.56. The van der Waals surface area contributed by atoms with Crippen molar-refractivity contribution in [1.82, 2.24) is 10.2 Å². The number of nitrogens with one attached hydrogen (secondary N) is 1. The minimum absolute atomic E-state index is 0.662. The molecule has 3 rings (SSSR count). The number of hydrogen-bond donors (Lipinski definition) is 1. The third-order valence-electron chi connectivity index (χ3n) is 3.22. The fraction of sp³-hybridized carbons (Fsp3) is 0.308. The van der Waals surface area contributed by atoms with Gasteiger partial charge in [0.05, 0.1) is 0 Å². The van der Waals surface area contributed by atoms with Crippen molar-refractivity contribution < 1.29 is 0 Å². The van der Waals surface area contributed by atoms with Crippen molar-refractivity contribution in [3.8, 4) is 0 Å². The van der Waals surface area contributed by atoms with Gasteiger partial charge in [0.15, 0.2) is 0 Å². The highest BCUT2D eigenvalue weighted by atomic mass is 15.1. The van der Waals surface area contributed by atoms with Crippen LogP contribution in [0.2, 0.25) is 0 Å². The molecule has 2 aromatic rings. The maximum Gasteiger partial charge on any atom is 0.0490 e. The Balaban J connectivity index is 1.79. The van der Waals surface area contributed by atoms with Crippen molar-refractivity contribution in [3.05, 3.63) is 53.3 Å². The summed E-state index contributed by atoms with van der Waals surface area (Å²) in [6.45, 7) is 2.13. The molecule has 1 fully saturated rings. The molecule has 1 heterocycles. The maximum atomic E-state index is 4.00. The van der Waals surface area contributed by atoms with Crippen molar-refractivity contribution in [1.29, 1.82) is 0 Å². The Hall–Kier alpha value is -1.57. The predicted octanol–water partition coefficient (Wildman–Crippen LogP) is 2.99. The lowest BCUT2D eigenvalue weighted by molar-refractivity contribution is 0.932. The van der Waals surface area contributed by atoms with Gasteiger partial charge in [0.1, 0.15) is 0 Å². The van der Waals surface area contributed by atoms with E-state index in [4.69, 9.17) is 0 Å². The minimum atomic E-state index is 0.662. The molecule has 1 N–H and O–H groups in total. The van der Waals surface area contributed by atoms with E-state index >= 15 is 0 Å². The number of hydrogen-bond acceptors (Lipinski definition) is 1. The van der Waals surface area contributed by atoms with Gasteiger partial charge in [-0.3, -0.25) is 5.10 Å². The summed E-state index contributed by atoms with van der Waals surface area (Å²) in [5.41, 5.74) is 4.07. The molecule has 1 aromatic heterocycles. The Labute approximate surface area is 89.3 Å². The van der Waals surface area contributed by atoms with E-state index in [-0.39, 0.29) is 0 Å². The zero-order valence-corrected chi connectivity index (χ0v) is 8.77. The van der Waals surface area contributed by atoms with Crippen LogP contribution in [-0.4, -0.2) is 10.2 Å². The van der Waals surface area contributed by atoms with E-state index in [0.717, 1.165) is 0 Å². The summed E-state index contributed by atoms with van der Waals surface area (Å²) in [7, 11) is 0. The summed E-state index contributed by atoms with van der Waals surface area (Å²) in [4.78, 5) is 0. The second-order valence-corrected chi connectivity index (χ2v) is 4.37. The smallest absolute Gasteiger partial charge is 0.0490 e. The second-order valence-electron chi connectivity index (χ2n) is 4.37. The highest BCUT2D eigenvalue weighted by Gasteiger charge is 2.40. The Morgan fingerprint density at radius 1 is 1.13 bits per heavy atom. The standard InChI is InChI=1S/C13H14N2/c1-9-2-4-10(5-3-9)11-8-12(11)13-6-7-14-15-13/h2-7,11-12H,8H2,1H3,(H,14,15)/t11-,12+/m0/s1. The summed E-state index contributed by atoms with van der Waals surface area (Å²) in [5.74, 6) is 1.36. The van der Waals surface area contributed by atoms with Gasteiger partial charge >= 0.3 is 0 Å². The van der Waals surface area contributed by atoms with Crippen LogP contribution in [0.3, 0.4) is 0 Å². The molecule has 1 aliphatic rings. The number of H-pyrrole nitrogens is 1. The lowest BCUT2D eigenvalue weighted by Gasteiger charge is -1.99. The number of aryl methyl sites for hydroxylation is 1. The van der Waals surface area contributed by atoms with Gasteiger partial charge in [-0.15, -0.1) is 0 Å². The van der Waals surface area contributed by atoms with Crippen LogP contribution < -0.4 is 0 Å². The lowest BCUT2D eigenvalue weighted by Crippen LogP contribution is -1.85. The topological polar surface area (TPSA) is 28.7 Å². The summed E-state index contributed by atoms with van der Waals surface area (Å²) < 4.78 is 0. The van der Waals surface area contributed by atoms with E-state index < -0.39 is 0 Å². The molecular formula is C13H14N2. The first-order valence-corrected chi connectivity index (χ1v) is 5.40. The SMILES string of the molecule is Cc1ccc([C@@H]2C[C@H]2c2ccn[nH]2)cc1. The Bertz CT molecular complexity index is 442. The Morgan fingerprint density at radius 3 is 2.60 bits per heavy atom. The van der Waals surface area contributed by atoms with Gasteiger partial charge in [0, 0.05) is 17.8 Å². The third-order valence-corrected chi connectivity index (χ3v) is 3.22. The van der Waals surface area contributed by atoms with Crippen LogP contribution in [0.25, 0.3) is 0 Å². The average molecular weight is 198 g/mol. The molecule has 0 aliphatic heterocycles. The van der Waals surface area contributed by atoms with E-state index in [1.54, 1.807) is 0 Å². The highest BCUT2D eigenvalue weighted by molar-refractivity contribution is 5.34. The van der Waals surface area contributed by atoms with Crippen LogP contribution in [0.4, 0.5) is 0 Å². The Kier molecular flexibility index (Phi) is 1.88. The van der Waals surface area contributed by atoms with Crippen molar-refractivity contribution in [3.63, 3.8) is 0 Å². The van der Waals surface area contributed by atoms with Crippen molar-refractivity contribution >= 4 is 0 Å². The molecule has 1 saturated carbocycles. The van der Waals surface area contributed by atoms with Crippen LogP contribution in [0, 0.1) is 6.92 Å². The number of aromatic nitrogens is 2. The van der Waals surface area contributed by atoms with Crippen LogP contribution in [-0.2, 0) is 0 Å². The second kappa shape index (κ2) is 3.23. The van der Waals surface area contributed by atoms with Gasteiger partial charge in [-0.1, -0.05) is 29.8 Å². The number of rotatable bonds is 2. The van der Waals surface area contributed by atoms with Crippen LogP contribution in [0.1, 0.15) is 35.1 Å². The molecule has 2 nitrogen and oxygen atoms in total. The van der Waals surface area contributed by atoms with Gasteiger partial charge in [-0.05, 0) is 30.9 Å². The largest absolute Gasteiger partial charge is 0.282 e. The van der Waals surface area contributed by atoms with Crippen molar-refractivity contribution in [2.24, 2.45) is 0 Å². The van der Waals surface area contributed by atoms with E-state index in [1.165, 1.54) is 23.2 Å². The van der Waals surface area contributed by atoms with Gasteiger partial charge in [0.2, 0.25) is 0 Å². The number of benzene rings is 1. The molecule has 0 bridgehead atoms. The highest BCUT2D eigenvalue weighted by Crippen LogP contribution is 2.53. The molecular weight excluding hydrogens is 184 g/mol. The van der Waals surface area contributed by atoms with Gasteiger partial charge in [0.25, 0.3) is 0 Å². The number of nitrogens with zero attached hydrogens (tertiary/aromatic N) is 1. The molecule has 2 heteroatoms. The minimum Gasteiger partial charge on any atom is -0.282 e. The monoisotopic (exact) mass is 198 g/mol. The lowest BCUT2D eigenvalue weighted by atomic mass is 10.1. The first-order valence-electron chi connectivity index (χ1n) is 5.40. The summed E-state index contributed by atoms with van der Waals surface area (Å²) in [6, 6.07) is 11.0. The van der Waals surface area contributed by atoms with E-state index in [2.05, 4.69) is 47.5 Å². The van der Waals surface area contributed by atoms with E-state index in [1.807, 2.05) is 6.20 Å². The van der Waals surface area contributed by atoms with Gasteiger partial charge < -0.3 is 0 Å². The zero-order chi connectivity index (χ0) is 10.3. The van der Waals surface area contributed by atoms with E-state index in [9.17, 15) is 0 Å². The first kappa shape index (κ1) is 8.72. The fourth-order valence-electron chi connectivity index (χ4n) is 2.19. The molecule has 1 aromatic carbocycles. The normalized spacial score (nSPS) is 24.1. The average Bonchev–Trinajstić information content (AvgIpc) is 2.87. The van der Waals surface area contributed by atoms with Crippen LogP contribution in [0.5, 0.6) is 0 Å².